The van der Waals surface area contributed by atoms with E-state index >= 15 is 0 Å². The molecule has 0 saturated carbocycles. The van der Waals surface area contributed by atoms with Crippen molar-refractivity contribution in [3.63, 3.8) is 0 Å². The van der Waals surface area contributed by atoms with Crippen molar-refractivity contribution in [1.82, 2.24) is 0 Å². The Kier molecular flexibility index (Phi) is 9.36. The highest BCUT2D eigenvalue weighted by Gasteiger charge is 2.29. The van der Waals surface area contributed by atoms with Crippen LogP contribution in [0.25, 0.3) is 0 Å². The molecule has 0 unspecified atom stereocenters. The second-order valence-electron chi connectivity index (χ2n) is 8.86. The van der Waals surface area contributed by atoms with Crippen molar-refractivity contribution in [2.45, 2.75) is 47.6 Å². The maximum Gasteiger partial charge on any atom is 0.347 e. The number of phenols is 1. The van der Waals surface area contributed by atoms with Crippen molar-refractivity contribution in [3.05, 3.63) is 80.9 Å². The monoisotopic (exact) mass is 522 g/mol. The minimum atomic E-state index is -0.730. The second-order valence-corrected chi connectivity index (χ2v) is 8.86. The molecule has 0 heterocycles. The third kappa shape index (κ3) is 5.75. The SMILES string of the molecule is CCc1c(C)c(C(=O)OCOC)c(OC)c(C)c1OC(=O)c1c(C)cc(OCc2ccccc2)c(C)c1O. The van der Waals surface area contributed by atoms with Crippen LogP contribution in [0.1, 0.15) is 61.0 Å². The molecule has 3 aromatic rings. The van der Waals surface area contributed by atoms with Crippen molar-refractivity contribution in [3.8, 4) is 23.0 Å². The number of carbonyl (C=O) groups is 2. The third-order valence-electron chi connectivity index (χ3n) is 6.42. The second kappa shape index (κ2) is 12.5. The van der Waals surface area contributed by atoms with Gasteiger partial charge in [0.2, 0.25) is 0 Å². The molecular weight excluding hydrogens is 488 g/mol. The summed E-state index contributed by atoms with van der Waals surface area (Å²) in [5.41, 5.74) is 3.87. The molecule has 0 saturated heterocycles. The first-order valence-electron chi connectivity index (χ1n) is 12.2. The van der Waals surface area contributed by atoms with Gasteiger partial charge in [0.25, 0.3) is 0 Å². The highest BCUT2D eigenvalue weighted by atomic mass is 16.7. The Morgan fingerprint density at radius 1 is 0.868 bits per heavy atom. The van der Waals surface area contributed by atoms with Gasteiger partial charge in [-0.2, -0.15) is 0 Å². The first kappa shape index (κ1) is 28.5. The molecule has 0 spiro atoms. The lowest BCUT2D eigenvalue weighted by Crippen LogP contribution is -2.17. The number of phenolic OH excluding ortho intramolecular Hbond substituents is 1. The highest BCUT2D eigenvalue weighted by Crippen LogP contribution is 2.41. The minimum absolute atomic E-state index is 0.0382. The standard InChI is InChI=1S/C30H34O8/c1-8-22-18(3)25(29(32)37-16-34-6)28(35-7)20(5)27(22)38-30(33)24-17(2)14-23(19(4)26(24)31)36-15-21-12-10-9-11-13-21/h9-14,31H,8,15-16H2,1-7H3. The number of aromatic hydroxyl groups is 1. The van der Waals surface area contributed by atoms with Gasteiger partial charge in [-0.3, -0.25) is 0 Å². The molecule has 8 heteroatoms. The van der Waals surface area contributed by atoms with Crippen LogP contribution in [0, 0.1) is 27.7 Å². The molecule has 0 radical (unpaired) electrons. The number of ether oxygens (including phenoxy) is 5. The van der Waals surface area contributed by atoms with Crippen LogP contribution in [-0.2, 0) is 22.5 Å². The fourth-order valence-electron chi connectivity index (χ4n) is 4.41. The van der Waals surface area contributed by atoms with Crippen molar-refractivity contribution in [1.29, 1.82) is 0 Å². The molecule has 0 amide bonds. The summed E-state index contributed by atoms with van der Waals surface area (Å²) in [5, 5.41) is 11.0. The quantitative estimate of drug-likeness (QED) is 0.204. The summed E-state index contributed by atoms with van der Waals surface area (Å²) in [6, 6.07) is 11.4. The zero-order valence-corrected chi connectivity index (χ0v) is 22.9. The average molecular weight is 523 g/mol. The Balaban J connectivity index is 1.98. The fraction of sp³-hybridized carbons (Fsp3) is 0.333. The topological polar surface area (TPSA) is 101 Å². The van der Waals surface area contributed by atoms with E-state index in [1.807, 2.05) is 37.3 Å². The molecule has 0 aliphatic rings. The zero-order valence-electron chi connectivity index (χ0n) is 22.9. The molecule has 0 fully saturated rings. The molecule has 38 heavy (non-hydrogen) atoms. The smallest absolute Gasteiger partial charge is 0.347 e. The van der Waals surface area contributed by atoms with E-state index in [-0.39, 0.29) is 35.2 Å². The van der Waals surface area contributed by atoms with Crippen molar-refractivity contribution in [2.75, 3.05) is 21.0 Å². The lowest BCUT2D eigenvalue weighted by Gasteiger charge is -2.22. The van der Waals surface area contributed by atoms with Gasteiger partial charge in [-0.15, -0.1) is 0 Å². The summed E-state index contributed by atoms with van der Waals surface area (Å²) in [7, 11) is 2.85. The lowest BCUT2D eigenvalue weighted by atomic mass is 9.94. The van der Waals surface area contributed by atoms with Crippen molar-refractivity contribution >= 4 is 11.9 Å². The minimum Gasteiger partial charge on any atom is -0.507 e. The van der Waals surface area contributed by atoms with Crippen LogP contribution in [-0.4, -0.2) is 38.1 Å². The van der Waals surface area contributed by atoms with Gasteiger partial charge in [0.1, 0.15) is 40.7 Å². The highest BCUT2D eigenvalue weighted by molar-refractivity contribution is 5.98. The van der Waals surface area contributed by atoms with E-state index in [2.05, 4.69) is 0 Å². The first-order chi connectivity index (χ1) is 18.2. The number of hydrogen-bond acceptors (Lipinski definition) is 8. The summed E-state index contributed by atoms with van der Waals surface area (Å²) in [4.78, 5) is 26.2. The predicted molar refractivity (Wildman–Crippen MR) is 142 cm³/mol. The number of aryl methyl sites for hydroxylation is 1. The van der Waals surface area contributed by atoms with Gasteiger partial charge < -0.3 is 28.8 Å². The van der Waals surface area contributed by atoms with Gasteiger partial charge in [0.15, 0.2) is 6.79 Å². The molecule has 3 aromatic carbocycles. The molecule has 202 valence electrons. The molecule has 3 rings (SSSR count). The lowest BCUT2D eigenvalue weighted by molar-refractivity contribution is -0.0128. The normalized spacial score (nSPS) is 10.7. The summed E-state index contributed by atoms with van der Waals surface area (Å²) in [6.07, 6.45) is 0.472. The number of carbonyl (C=O) groups excluding carboxylic acids is 2. The summed E-state index contributed by atoms with van der Waals surface area (Å²) in [6.45, 7) is 8.84. The van der Waals surface area contributed by atoms with Gasteiger partial charge in [-0.05, 0) is 62.4 Å². The molecule has 0 atom stereocenters. The fourth-order valence-corrected chi connectivity index (χ4v) is 4.41. The maximum absolute atomic E-state index is 13.4. The van der Waals surface area contributed by atoms with Crippen LogP contribution in [0.2, 0.25) is 0 Å². The number of esters is 2. The van der Waals surface area contributed by atoms with Gasteiger partial charge in [-0.1, -0.05) is 37.3 Å². The van der Waals surface area contributed by atoms with E-state index in [9.17, 15) is 14.7 Å². The van der Waals surface area contributed by atoms with Crippen molar-refractivity contribution in [2.24, 2.45) is 0 Å². The van der Waals surface area contributed by atoms with Gasteiger partial charge in [-0.25, -0.2) is 9.59 Å². The molecule has 0 aromatic heterocycles. The van der Waals surface area contributed by atoms with Gasteiger partial charge in [0, 0.05) is 18.2 Å². The number of methoxy groups -OCH3 is 2. The van der Waals surface area contributed by atoms with E-state index in [0.717, 1.165) is 5.56 Å². The number of hydrogen-bond donors (Lipinski definition) is 1. The molecular formula is C30H34O8. The number of benzene rings is 3. The third-order valence-corrected chi connectivity index (χ3v) is 6.42. The Morgan fingerprint density at radius 3 is 2.16 bits per heavy atom. The van der Waals surface area contributed by atoms with E-state index < -0.39 is 11.9 Å². The molecule has 8 nitrogen and oxygen atoms in total. The van der Waals surface area contributed by atoms with Crippen LogP contribution < -0.4 is 14.2 Å². The van der Waals surface area contributed by atoms with Gasteiger partial charge in [0.05, 0.1) is 7.11 Å². The maximum atomic E-state index is 13.4. The molecule has 0 aliphatic carbocycles. The van der Waals surface area contributed by atoms with Crippen LogP contribution in [0.15, 0.2) is 36.4 Å². The zero-order chi connectivity index (χ0) is 28.0. The summed E-state index contributed by atoms with van der Waals surface area (Å²) in [5.74, 6) is -0.556. The largest absolute Gasteiger partial charge is 0.507 e. The van der Waals surface area contributed by atoms with Crippen LogP contribution in [0.3, 0.4) is 0 Å². The molecule has 0 aliphatic heterocycles. The Labute approximate surface area is 223 Å². The van der Waals surface area contributed by atoms with E-state index in [0.29, 0.717) is 46.6 Å². The number of rotatable bonds is 10. The van der Waals surface area contributed by atoms with Crippen LogP contribution >= 0.6 is 0 Å². The molecule has 0 bridgehead atoms. The van der Waals surface area contributed by atoms with E-state index in [1.54, 1.807) is 33.8 Å². The van der Waals surface area contributed by atoms with Crippen LogP contribution in [0.4, 0.5) is 0 Å². The van der Waals surface area contributed by atoms with Crippen LogP contribution in [0.5, 0.6) is 23.0 Å². The van der Waals surface area contributed by atoms with E-state index in [1.165, 1.54) is 14.2 Å². The van der Waals surface area contributed by atoms with E-state index in [4.69, 9.17) is 23.7 Å². The predicted octanol–water partition coefficient (Wildman–Crippen LogP) is 5.76. The van der Waals surface area contributed by atoms with Gasteiger partial charge >= 0.3 is 11.9 Å². The molecule has 1 N–H and O–H groups in total. The average Bonchev–Trinajstić information content (AvgIpc) is 2.90. The Bertz CT molecular complexity index is 1330. The summed E-state index contributed by atoms with van der Waals surface area (Å²) >= 11 is 0. The first-order valence-corrected chi connectivity index (χ1v) is 12.2. The van der Waals surface area contributed by atoms with Crippen molar-refractivity contribution < 1.29 is 38.4 Å². The Hall–Kier alpha value is -4.04. The Morgan fingerprint density at radius 2 is 1.55 bits per heavy atom. The summed E-state index contributed by atoms with van der Waals surface area (Å²) < 4.78 is 27.3.